The summed E-state index contributed by atoms with van der Waals surface area (Å²) >= 11 is 0. The molecule has 34 heavy (non-hydrogen) atoms. The van der Waals surface area contributed by atoms with E-state index in [1.54, 1.807) is 24.3 Å². The van der Waals surface area contributed by atoms with E-state index in [0.717, 1.165) is 16.7 Å². The monoisotopic (exact) mass is 456 g/mol. The normalized spacial score (nSPS) is 14.4. The van der Waals surface area contributed by atoms with E-state index in [9.17, 15) is 10.1 Å². The fraction of sp³-hybridized carbons (Fsp3) is 0.185. The fourth-order valence-electron chi connectivity index (χ4n) is 3.80. The van der Waals surface area contributed by atoms with Gasteiger partial charge in [-0.2, -0.15) is 5.26 Å². The standard InChI is InChI=1S/C27H24N2O5/c1-3-31-20-9-5-7-18(13-20)26-22-11-10-21(14-24(22)34-27(29)23(26)15-28)33-25(30)16-32-19-8-4-6-17(2)12-19/h4-14,26H,3,16,29H2,1-2H3. The van der Waals surface area contributed by atoms with Crippen LogP contribution in [0.5, 0.6) is 23.0 Å². The Balaban J connectivity index is 1.56. The van der Waals surface area contributed by atoms with Crippen LogP contribution in [0.1, 0.15) is 29.5 Å². The molecule has 172 valence electrons. The van der Waals surface area contributed by atoms with Crippen LogP contribution < -0.4 is 24.7 Å². The Morgan fingerprint density at radius 3 is 2.53 bits per heavy atom. The molecule has 0 bridgehead atoms. The Bertz CT molecular complexity index is 1290. The molecule has 0 saturated carbocycles. The second kappa shape index (κ2) is 10.0. The third-order valence-electron chi connectivity index (χ3n) is 5.27. The first-order chi connectivity index (χ1) is 16.5. The summed E-state index contributed by atoms with van der Waals surface area (Å²) in [6.07, 6.45) is 0. The molecule has 0 spiro atoms. The molecule has 0 aliphatic carbocycles. The molecular weight excluding hydrogens is 432 g/mol. The number of allylic oxidation sites excluding steroid dienone is 1. The van der Waals surface area contributed by atoms with Crippen molar-refractivity contribution in [2.75, 3.05) is 13.2 Å². The van der Waals surface area contributed by atoms with E-state index in [-0.39, 0.29) is 18.2 Å². The molecule has 7 nitrogen and oxygen atoms in total. The molecule has 1 unspecified atom stereocenters. The molecule has 0 saturated heterocycles. The highest BCUT2D eigenvalue weighted by Crippen LogP contribution is 2.44. The van der Waals surface area contributed by atoms with Crippen LogP contribution in [0.4, 0.5) is 0 Å². The number of carbonyl (C=O) groups excluding carboxylic acids is 1. The number of benzene rings is 3. The number of rotatable bonds is 7. The maximum atomic E-state index is 12.3. The van der Waals surface area contributed by atoms with Gasteiger partial charge in [-0.25, -0.2) is 4.79 Å². The van der Waals surface area contributed by atoms with Gasteiger partial charge in [-0.3, -0.25) is 0 Å². The van der Waals surface area contributed by atoms with Crippen LogP contribution in [0.15, 0.2) is 78.2 Å². The molecule has 3 aromatic rings. The topological polar surface area (TPSA) is 104 Å². The number of ether oxygens (including phenoxy) is 4. The highest BCUT2D eigenvalue weighted by Gasteiger charge is 2.31. The Morgan fingerprint density at radius 1 is 1.03 bits per heavy atom. The summed E-state index contributed by atoms with van der Waals surface area (Å²) in [7, 11) is 0. The van der Waals surface area contributed by atoms with Crippen LogP contribution in [0.25, 0.3) is 0 Å². The molecule has 1 heterocycles. The largest absolute Gasteiger partial charge is 0.494 e. The Kier molecular flexibility index (Phi) is 6.69. The maximum absolute atomic E-state index is 12.3. The highest BCUT2D eigenvalue weighted by atomic mass is 16.6. The summed E-state index contributed by atoms with van der Waals surface area (Å²) in [6.45, 7) is 4.13. The van der Waals surface area contributed by atoms with Gasteiger partial charge < -0.3 is 24.7 Å². The van der Waals surface area contributed by atoms with E-state index < -0.39 is 11.9 Å². The van der Waals surface area contributed by atoms with E-state index in [1.807, 2.05) is 56.3 Å². The number of aryl methyl sites for hydroxylation is 1. The van der Waals surface area contributed by atoms with Gasteiger partial charge in [-0.05, 0) is 55.3 Å². The lowest BCUT2D eigenvalue weighted by Gasteiger charge is -2.27. The summed E-state index contributed by atoms with van der Waals surface area (Å²) in [5.41, 5.74) is 8.98. The van der Waals surface area contributed by atoms with Crippen molar-refractivity contribution in [2.45, 2.75) is 19.8 Å². The van der Waals surface area contributed by atoms with Crippen molar-refractivity contribution >= 4 is 5.97 Å². The number of fused-ring (bicyclic) bond motifs is 1. The molecule has 0 radical (unpaired) electrons. The zero-order chi connectivity index (χ0) is 24.1. The summed E-state index contributed by atoms with van der Waals surface area (Å²) in [4.78, 5) is 12.3. The lowest BCUT2D eigenvalue weighted by atomic mass is 9.83. The summed E-state index contributed by atoms with van der Waals surface area (Å²) in [6, 6.07) is 22.1. The van der Waals surface area contributed by atoms with E-state index in [1.165, 1.54) is 0 Å². The smallest absolute Gasteiger partial charge is 0.349 e. The minimum Gasteiger partial charge on any atom is -0.494 e. The van der Waals surface area contributed by atoms with Gasteiger partial charge in [0.25, 0.3) is 0 Å². The SMILES string of the molecule is CCOc1cccc(C2C(C#N)=C(N)Oc3cc(OC(=O)COc4cccc(C)c4)ccc32)c1. The minimum absolute atomic E-state index is 0.00747. The van der Waals surface area contributed by atoms with Crippen molar-refractivity contribution in [1.82, 2.24) is 0 Å². The number of nitriles is 1. The number of carbonyl (C=O) groups is 1. The van der Waals surface area contributed by atoms with Crippen molar-refractivity contribution in [3.8, 4) is 29.1 Å². The second-order valence-electron chi connectivity index (χ2n) is 7.71. The minimum atomic E-state index is -0.556. The fourth-order valence-corrected chi connectivity index (χ4v) is 3.80. The van der Waals surface area contributed by atoms with Crippen molar-refractivity contribution in [2.24, 2.45) is 5.73 Å². The summed E-state index contributed by atoms with van der Waals surface area (Å²) in [5, 5.41) is 9.75. The third kappa shape index (κ3) is 4.97. The number of hydrogen-bond donors (Lipinski definition) is 1. The first kappa shape index (κ1) is 22.7. The Labute approximate surface area is 197 Å². The molecule has 4 rings (SSSR count). The molecule has 0 aromatic heterocycles. The van der Waals surface area contributed by atoms with Crippen molar-refractivity contribution in [3.63, 3.8) is 0 Å². The van der Waals surface area contributed by atoms with Gasteiger partial charge in [0.05, 0.1) is 12.5 Å². The third-order valence-corrected chi connectivity index (χ3v) is 5.27. The lowest BCUT2D eigenvalue weighted by molar-refractivity contribution is -0.136. The van der Waals surface area contributed by atoms with Gasteiger partial charge in [0.15, 0.2) is 6.61 Å². The molecule has 3 aromatic carbocycles. The van der Waals surface area contributed by atoms with Gasteiger partial charge in [-0.15, -0.1) is 0 Å². The van der Waals surface area contributed by atoms with Crippen molar-refractivity contribution < 1.29 is 23.7 Å². The number of nitrogens with two attached hydrogens (primary N) is 1. The molecule has 1 atom stereocenters. The highest BCUT2D eigenvalue weighted by molar-refractivity contribution is 5.74. The number of hydrogen-bond acceptors (Lipinski definition) is 7. The number of nitrogens with zero attached hydrogens (tertiary/aromatic N) is 1. The summed E-state index contributed by atoms with van der Waals surface area (Å²) in [5.74, 6) is 0.990. The Morgan fingerprint density at radius 2 is 1.79 bits per heavy atom. The lowest BCUT2D eigenvalue weighted by Crippen LogP contribution is -2.21. The average Bonchev–Trinajstić information content (AvgIpc) is 2.82. The quantitative estimate of drug-likeness (QED) is 0.409. The molecule has 0 amide bonds. The first-order valence-corrected chi connectivity index (χ1v) is 10.8. The predicted molar refractivity (Wildman–Crippen MR) is 126 cm³/mol. The zero-order valence-electron chi connectivity index (χ0n) is 18.9. The van der Waals surface area contributed by atoms with Crippen LogP contribution in [0.3, 0.4) is 0 Å². The van der Waals surface area contributed by atoms with Crippen LogP contribution in [0, 0.1) is 18.3 Å². The molecule has 1 aliphatic heterocycles. The molecule has 0 fully saturated rings. The van der Waals surface area contributed by atoms with E-state index in [4.69, 9.17) is 24.7 Å². The van der Waals surface area contributed by atoms with Gasteiger partial charge in [0.2, 0.25) is 5.88 Å². The zero-order valence-corrected chi connectivity index (χ0v) is 18.9. The van der Waals surface area contributed by atoms with Crippen molar-refractivity contribution in [3.05, 3.63) is 94.9 Å². The van der Waals surface area contributed by atoms with Gasteiger partial charge in [0, 0.05) is 11.6 Å². The molecule has 2 N–H and O–H groups in total. The van der Waals surface area contributed by atoms with Crippen LogP contribution in [-0.4, -0.2) is 19.2 Å². The van der Waals surface area contributed by atoms with Gasteiger partial charge in [-0.1, -0.05) is 30.3 Å². The average molecular weight is 456 g/mol. The Hall–Kier alpha value is -4.44. The number of esters is 1. The van der Waals surface area contributed by atoms with Gasteiger partial charge in [0.1, 0.15) is 34.6 Å². The first-order valence-electron chi connectivity index (χ1n) is 10.8. The van der Waals surface area contributed by atoms with Crippen molar-refractivity contribution in [1.29, 1.82) is 5.26 Å². The van der Waals surface area contributed by atoms with Crippen LogP contribution >= 0.6 is 0 Å². The van der Waals surface area contributed by atoms with Gasteiger partial charge >= 0.3 is 5.97 Å². The molecule has 7 heteroatoms. The maximum Gasteiger partial charge on any atom is 0.349 e. The van der Waals surface area contributed by atoms with E-state index in [0.29, 0.717) is 29.4 Å². The predicted octanol–water partition coefficient (Wildman–Crippen LogP) is 4.60. The molecular formula is C27H24N2O5. The molecule has 1 aliphatic rings. The van der Waals surface area contributed by atoms with Crippen LogP contribution in [-0.2, 0) is 4.79 Å². The van der Waals surface area contributed by atoms with Crippen LogP contribution in [0.2, 0.25) is 0 Å². The second-order valence-corrected chi connectivity index (χ2v) is 7.71. The van der Waals surface area contributed by atoms with E-state index >= 15 is 0 Å². The summed E-state index contributed by atoms with van der Waals surface area (Å²) < 4.78 is 22.3. The van der Waals surface area contributed by atoms with E-state index in [2.05, 4.69) is 6.07 Å².